The number of hydrogen-bond donors (Lipinski definition) is 3. The summed E-state index contributed by atoms with van der Waals surface area (Å²) in [5.74, 6) is -1.08. The Hall–Kier alpha value is -1.40. The number of carbonyl (C=O) groups excluding carboxylic acids is 1. The molecule has 0 aromatic heterocycles. The Morgan fingerprint density at radius 3 is 2.70 bits per heavy atom. The van der Waals surface area contributed by atoms with Crippen molar-refractivity contribution in [1.82, 2.24) is 10.2 Å². The van der Waals surface area contributed by atoms with Crippen LogP contribution in [0.3, 0.4) is 0 Å². The smallest absolute Gasteiger partial charge is 0.331 e. The molecule has 0 aromatic rings. The van der Waals surface area contributed by atoms with Crippen LogP contribution in [0.1, 0.15) is 33.1 Å². The van der Waals surface area contributed by atoms with Gasteiger partial charge in [-0.25, -0.2) is 4.79 Å². The van der Waals surface area contributed by atoms with Gasteiger partial charge in [0.1, 0.15) is 0 Å². The largest absolute Gasteiger partial charge is 0.478 e. The number of carbonyl (C=O) groups is 2. The zero-order valence-electron chi connectivity index (χ0n) is 12.4. The lowest BCUT2D eigenvalue weighted by molar-refractivity contribution is -0.133. The van der Waals surface area contributed by atoms with Gasteiger partial charge in [-0.15, -0.1) is 0 Å². The molecule has 3 atom stereocenters. The van der Waals surface area contributed by atoms with Gasteiger partial charge in [-0.3, -0.25) is 9.69 Å². The minimum Gasteiger partial charge on any atom is -0.478 e. The van der Waals surface area contributed by atoms with Crippen LogP contribution in [0.5, 0.6) is 0 Å². The maximum atomic E-state index is 11.3. The van der Waals surface area contributed by atoms with Gasteiger partial charge in [0.15, 0.2) is 0 Å². The highest BCUT2D eigenvalue weighted by Crippen LogP contribution is 2.22. The van der Waals surface area contributed by atoms with Crippen molar-refractivity contribution in [3.8, 4) is 0 Å². The predicted molar refractivity (Wildman–Crippen MR) is 77.2 cm³/mol. The van der Waals surface area contributed by atoms with Crippen LogP contribution in [0.2, 0.25) is 0 Å². The fourth-order valence-electron chi connectivity index (χ4n) is 2.56. The molecule has 1 amide bonds. The van der Waals surface area contributed by atoms with Gasteiger partial charge in [-0.05, 0) is 26.4 Å². The fraction of sp³-hybridized carbons (Fsp3) is 0.714. The zero-order valence-corrected chi connectivity index (χ0v) is 12.4. The molecule has 0 heterocycles. The normalized spacial score (nSPS) is 26.2. The third kappa shape index (κ3) is 4.31. The summed E-state index contributed by atoms with van der Waals surface area (Å²) in [5, 5.41) is 12.0. The number of unbranched alkanes of at least 4 members (excludes halogenated alkanes) is 1. The van der Waals surface area contributed by atoms with Gasteiger partial charge in [0, 0.05) is 18.5 Å². The molecule has 6 heteroatoms. The quantitative estimate of drug-likeness (QED) is 0.653. The number of rotatable bonds is 6. The first-order valence-electron chi connectivity index (χ1n) is 7.03. The van der Waals surface area contributed by atoms with Gasteiger partial charge >= 0.3 is 5.97 Å². The topological polar surface area (TPSA) is 95.7 Å². The maximum absolute atomic E-state index is 11.3. The second kappa shape index (κ2) is 7.40. The second-order valence-corrected chi connectivity index (χ2v) is 5.42. The lowest BCUT2D eigenvalue weighted by Crippen LogP contribution is -2.60. The van der Waals surface area contributed by atoms with Crippen molar-refractivity contribution >= 4 is 11.9 Å². The Morgan fingerprint density at radius 1 is 1.55 bits per heavy atom. The molecule has 114 valence electrons. The molecule has 1 aliphatic carbocycles. The molecule has 0 spiro atoms. The minimum absolute atomic E-state index is 0.147. The summed E-state index contributed by atoms with van der Waals surface area (Å²) in [6.07, 6.45) is 4.08. The van der Waals surface area contributed by atoms with E-state index in [0.29, 0.717) is 5.57 Å². The zero-order chi connectivity index (χ0) is 15.3. The number of nitrogens with two attached hydrogens (primary N) is 1. The molecular weight excluding hydrogens is 258 g/mol. The molecule has 20 heavy (non-hydrogen) atoms. The summed E-state index contributed by atoms with van der Waals surface area (Å²) >= 11 is 0. The Bertz CT molecular complexity index is 395. The van der Waals surface area contributed by atoms with E-state index >= 15 is 0 Å². The third-order valence-corrected chi connectivity index (χ3v) is 3.67. The summed E-state index contributed by atoms with van der Waals surface area (Å²) in [6, 6.07) is -0.818. The van der Waals surface area contributed by atoms with Crippen molar-refractivity contribution in [2.45, 2.75) is 51.2 Å². The summed E-state index contributed by atoms with van der Waals surface area (Å²) in [6.45, 7) is 4.39. The van der Waals surface area contributed by atoms with Gasteiger partial charge in [0.2, 0.25) is 5.91 Å². The van der Waals surface area contributed by atoms with Gasteiger partial charge in [-0.1, -0.05) is 19.4 Å². The van der Waals surface area contributed by atoms with E-state index < -0.39 is 5.97 Å². The molecule has 0 aromatic carbocycles. The Morgan fingerprint density at radius 2 is 2.20 bits per heavy atom. The summed E-state index contributed by atoms with van der Waals surface area (Å²) in [5.41, 5.74) is 6.39. The van der Waals surface area contributed by atoms with Crippen molar-refractivity contribution in [2.24, 2.45) is 5.73 Å². The maximum Gasteiger partial charge on any atom is 0.331 e. The van der Waals surface area contributed by atoms with Crippen LogP contribution < -0.4 is 11.1 Å². The number of carboxylic acid groups (broad SMARTS) is 1. The van der Waals surface area contributed by atoms with E-state index in [0.717, 1.165) is 19.4 Å². The number of aliphatic carboxylic acids is 1. The van der Waals surface area contributed by atoms with Crippen LogP contribution in [0.25, 0.3) is 0 Å². The lowest BCUT2D eigenvalue weighted by Gasteiger charge is -2.39. The molecule has 0 saturated heterocycles. The third-order valence-electron chi connectivity index (χ3n) is 3.67. The number of likely N-dealkylation sites (N-methyl/N-ethyl adjacent to an activating group) is 1. The van der Waals surface area contributed by atoms with Gasteiger partial charge in [0.05, 0.1) is 12.1 Å². The molecule has 0 saturated carbocycles. The Kier molecular flexibility index (Phi) is 6.16. The van der Waals surface area contributed by atoms with E-state index in [9.17, 15) is 14.7 Å². The molecule has 1 aliphatic rings. The van der Waals surface area contributed by atoms with E-state index in [4.69, 9.17) is 5.73 Å². The molecule has 4 N–H and O–H groups in total. The van der Waals surface area contributed by atoms with Crippen molar-refractivity contribution in [3.05, 3.63) is 11.6 Å². The summed E-state index contributed by atoms with van der Waals surface area (Å²) in [7, 11) is 1.93. The van der Waals surface area contributed by atoms with E-state index in [-0.39, 0.29) is 30.5 Å². The van der Waals surface area contributed by atoms with Crippen LogP contribution >= 0.6 is 0 Å². The van der Waals surface area contributed by atoms with Gasteiger partial charge < -0.3 is 16.2 Å². The van der Waals surface area contributed by atoms with Crippen molar-refractivity contribution < 1.29 is 14.7 Å². The molecule has 6 nitrogen and oxygen atoms in total. The predicted octanol–water partition coefficient (Wildman–Crippen LogP) is 0.334. The average Bonchev–Trinajstić information content (AvgIpc) is 2.37. The lowest BCUT2D eigenvalue weighted by atomic mass is 9.86. The van der Waals surface area contributed by atoms with Crippen molar-refractivity contribution in [1.29, 1.82) is 0 Å². The first-order valence-corrected chi connectivity index (χ1v) is 7.03. The standard InChI is InChI=1S/C14H25N3O3/c1-4-5-6-17(3)12-8-10(14(19)20)7-11(15)13(12)16-9(2)18/h8,11-13H,4-7,15H2,1-3H3,(H,16,18)(H,19,20)/t11-,12-,13-/m1/s1. The van der Waals surface area contributed by atoms with E-state index in [2.05, 4.69) is 17.1 Å². The molecular formula is C14H25N3O3. The monoisotopic (exact) mass is 283 g/mol. The number of nitrogens with zero attached hydrogens (tertiary/aromatic N) is 1. The van der Waals surface area contributed by atoms with Gasteiger partial charge in [0.25, 0.3) is 0 Å². The van der Waals surface area contributed by atoms with Gasteiger partial charge in [-0.2, -0.15) is 0 Å². The first kappa shape index (κ1) is 16.7. The number of amides is 1. The highest BCUT2D eigenvalue weighted by atomic mass is 16.4. The van der Waals surface area contributed by atoms with Crippen LogP contribution in [0.4, 0.5) is 0 Å². The second-order valence-electron chi connectivity index (χ2n) is 5.42. The van der Waals surface area contributed by atoms with Crippen LogP contribution in [-0.2, 0) is 9.59 Å². The minimum atomic E-state index is -0.935. The van der Waals surface area contributed by atoms with Crippen LogP contribution in [0, 0.1) is 0 Å². The van der Waals surface area contributed by atoms with E-state index in [1.165, 1.54) is 6.92 Å². The number of nitrogens with one attached hydrogen (secondary N) is 1. The molecule has 0 radical (unpaired) electrons. The van der Waals surface area contributed by atoms with E-state index in [1.54, 1.807) is 6.08 Å². The first-order chi connectivity index (χ1) is 9.36. The van der Waals surface area contributed by atoms with Crippen molar-refractivity contribution in [2.75, 3.05) is 13.6 Å². The van der Waals surface area contributed by atoms with E-state index in [1.807, 2.05) is 7.05 Å². The summed E-state index contributed by atoms with van der Waals surface area (Å²) < 4.78 is 0. The van der Waals surface area contributed by atoms with Crippen LogP contribution in [0.15, 0.2) is 11.6 Å². The molecule has 0 fully saturated rings. The highest BCUT2D eigenvalue weighted by molar-refractivity contribution is 5.87. The fourth-order valence-corrected chi connectivity index (χ4v) is 2.56. The molecule has 0 bridgehead atoms. The highest BCUT2D eigenvalue weighted by Gasteiger charge is 2.35. The molecule has 0 unspecified atom stereocenters. The Labute approximate surface area is 120 Å². The number of carboxylic acids is 1. The molecule has 0 aliphatic heterocycles. The van der Waals surface area contributed by atoms with Crippen LogP contribution in [-0.4, -0.2) is 53.6 Å². The van der Waals surface area contributed by atoms with Crippen molar-refractivity contribution in [3.63, 3.8) is 0 Å². The number of hydrogen-bond acceptors (Lipinski definition) is 4. The molecule has 1 rings (SSSR count). The SMILES string of the molecule is CCCCN(C)[C@@H]1C=C(C(=O)O)C[C@@H](N)[C@H]1NC(C)=O. The average molecular weight is 283 g/mol. The Balaban J connectivity index is 2.96. The summed E-state index contributed by atoms with van der Waals surface area (Å²) in [4.78, 5) is 24.6.